The molecule has 0 radical (unpaired) electrons. The molecule has 2 aromatic heterocycles. The molecule has 5 heteroatoms. The first-order valence-corrected chi connectivity index (χ1v) is 6.76. The fourth-order valence-corrected chi connectivity index (χ4v) is 2.14. The summed E-state index contributed by atoms with van der Waals surface area (Å²) in [6.45, 7) is 0.727. The number of pyridine rings is 1. The quantitative estimate of drug-likeness (QED) is 0.699. The van der Waals surface area contributed by atoms with Crippen LogP contribution in [0.2, 0.25) is 0 Å². The first-order valence-electron chi connectivity index (χ1n) is 5.64. The molecule has 0 bridgehead atoms. The molecule has 0 saturated carbocycles. The minimum absolute atomic E-state index is 0.727. The standard InChI is InChI=1S/C13H11BrN4/c14-7-12-9-18(17-16-12)8-10-3-4-13-11(6-10)2-1-5-15-13/h1-6,9H,7-8H2. The highest BCUT2D eigenvalue weighted by atomic mass is 79.9. The molecule has 0 aliphatic heterocycles. The van der Waals surface area contributed by atoms with Gasteiger partial charge in [0.15, 0.2) is 0 Å². The fourth-order valence-electron chi connectivity index (χ4n) is 1.89. The van der Waals surface area contributed by atoms with Crippen molar-refractivity contribution in [2.45, 2.75) is 11.9 Å². The Bertz CT molecular complexity index is 677. The number of fused-ring (bicyclic) bond motifs is 1. The van der Waals surface area contributed by atoms with E-state index < -0.39 is 0 Å². The van der Waals surface area contributed by atoms with Gasteiger partial charge >= 0.3 is 0 Å². The summed E-state index contributed by atoms with van der Waals surface area (Å²) in [6, 6.07) is 10.3. The molecule has 0 unspecified atom stereocenters. The third kappa shape index (κ3) is 2.26. The zero-order chi connectivity index (χ0) is 12.4. The summed E-state index contributed by atoms with van der Waals surface area (Å²) in [6.07, 6.45) is 3.75. The molecule has 4 nitrogen and oxygen atoms in total. The van der Waals surface area contributed by atoms with E-state index in [2.05, 4.69) is 49.4 Å². The van der Waals surface area contributed by atoms with E-state index >= 15 is 0 Å². The van der Waals surface area contributed by atoms with Crippen molar-refractivity contribution in [3.63, 3.8) is 0 Å². The Morgan fingerprint density at radius 3 is 3.00 bits per heavy atom. The van der Waals surface area contributed by atoms with E-state index in [4.69, 9.17) is 0 Å². The van der Waals surface area contributed by atoms with Crippen molar-refractivity contribution in [1.82, 2.24) is 20.0 Å². The molecule has 2 heterocycles. The number of nitrogens with zero attached hydrogens (tertiary/aromatic N) is 4. The number of halogens is 1. The van der Waals surface area contributed by atoms with Crippen LogP contribution < -0.4 is 0 Å². The van der Waals surface area contributed by atoms with Gasteiger partial charge in [-0.2, -0.15) is 0 Å². The molecule has 1 aromatic carbocycles. The van der Waals surface area contributed by atoms with Gasteiger partial charge in [-0.25, -0.2) is 4.68 Å². The number of alkyl halides is 1. The third-order valence-corrected chi connectivity index (χ3v) is 3.31. The van der Waals surface area contributed by atoms with Crippen molar-refractivity contribution in [3.8, 4) is 0 Å². The van der Waals surface area contributed by atoms with Crippen molar-refractivity contribution in [1.29, 1.82) is 0 Å². The Kier molecular flexibility index (Phi) is 3.06. The highest BCUT2D eigenvalue weighted by molar-refractivity contribution is 9.08. The smallest absolute Gasteiger partial charge is 0.0932 e. The Hall–Kier alpha value is -1.75. The number of rotatable bonds is 3. The van der Waals surface area contributed by atoms with Crippen LogP contribution in [0.5, 0.6) is 0 Å². The maximum Gasteiger partial charge on any atom is 0.0932 e. The van der Waals surface area contributed by atoms with E-state index in [1.54, 1.807) is 0 Å². The molecular weight excluding hydrogens is 292 g/mol. The summed E-state index contributed by atoms with van der Waals surface area (Å²) < 4.78 is 1.84. The molecule has 0 atom stereocenters. The van der Waals surface area contributed by atoms with Crippen LogP contribution in [0.3, 0.4) is 0 Å². The Balaban J connectivity index is 1.90. The van der Waals surface area contributed by atoms with Gasteiger partial charge in [-0.15, -0.1) is 5.10 Å². The minimum atomic E-state index is 0.727. The summed E-state index contributed by atoms with van der Waals surface area (Å²) in [5.74, 6) is 0. The molecule has 0 fully saturated rings. The molecule has 0 spiro atoms. The zero-order valence-electron chi connectivity index (χ0n) is 9.62. The second-order valence-corrected chi connectivity index (χ2v) is 4.63. The van der Waals surface area contributed by atoms with E-state index in [-0.39, 0.29) is 0 Å². The average Bonchev–Trinajstić information content (AvgIpc) is 2.86. The molecule has 0 saturated heterocycles. The average molecular weight is 303 g/mol. The predicted molar refractivity (Wildman–Crippen MR) is 73.5 cm³/mol. The molecule has 3 aromatic rings. The maximum atomic E-state index is 4.31. The van der Waals surface area contributed by atoms with E-state index in [1.807, 2.05) is 29.2 Å². The lowest BCUT2D eigenvalue weighted by Gasteiger charge is -2.02. The highest BCUT2D eigenvalue weighted by Gasteiger charge is 2.01. The lowest BCUT2D eigenvalue weighted by atomic mass is 10.1. The monoisotopic (exact) mass is 302 g/mol. The summed E-state index contributed by atoms with van der Waals surface area (Å²) in [5, 5.41) is 10.0. The van der Waals surface area contributed by atoms with Gasteiger partial charge in [0.25, 0.3) is 0 Å². The van der Waals surface area contributed by atoms with E-state index in [0.29, 0.717) is 0 Å². The Morgan fingerprint density at radius 2 is 2.17 bits per heavy atom. The number of hydrogen-bond acceptors (Lipinski definition) is 3. The van der Waals surface area contributed by atoms with Gasteiger partial charge in [-0.3, -0.25) is 4.98 Å². The van der Waals surface area contributed by atoms with Crippen LogP contribution in [-0.4, -0.2) is 20.0 Å². The Morgan fingerprint density at radius 1 is 1.22 bits per heavy atom. The molecule has 18 heavy (non-hydrogen) atoms. The largest absolute Gasteiger partial charge is 0.256 e. The van der Waals surface area contributed by atoms with Gasteiger partial charge in [0.05, 0.1) is 17.8 Å². The van der Waals surface area contributed by atoms with Crippen molar-refractivity contribution in [3.05, 3.63) is 54.0 Å². The third-order valence-electron chi connectivity index (χ3n) is 2.73. The summed E-state index contributed by atoms with van der Waals surface area (Å²) in [4.78, 5) is 4.31. The van der Waals surface area contributed by atoms with Crippen molar-refractivity contribution in [2.24, 2.45) is 0 Å². The molecule has 0 amide bonds. The normalized spacial score (nSPS) is 10.9. The van der Waals surface area contributed by atoms with E-state index in [9.17, 15) is 0 Å². The summed E-state index contributed by atoms with van der Waals surface area (Å²) >= 11 is 3.36. The minimum Gasteiger partial charge on any atom is -0.256 e. The fraction of sp³-hybridized carbons (Fsp3) is 0.154. The van der Waals surface area contributed by atoms with Gasteiger partial charge in [0.2, 0.25) is 0 Å². The topological polar surface area (TPSA) is 43.6 Å². The van der Waals surface area contributed by atoms with Gasteiger partial charge in [0, 0.05) is 23.1 Å². The zero-order valence-corrected chi connectivity index (χ0v) is 11.2. The van der Waals surface area contributed by atoms with Crippen molar-refractivity contribution in [2.75, 3.05) is 0 Å². The van der Waals surface area contributed by atoms with Crippen LogP contribution in [0.15, 0.2) is 42.7 Å². The molecule has 90 valence electrons. The molecule has 0 N–H and O–H groups in total. The second-order valence-electron chi connectivity index (χ2n) is 4.07. The maximum absolute atomic E-state index is 4.31. The lowest BCUT2D eigenvalue weighted by Crippen LogP contribution is -2.00. The molecule has 3 rings (SSSR count). The van der Waals surface area contributed by atoms with Crippen LogP contribution in [0.4, 0.5) is 0 Å². The second kappa shape index (κ2) is 4.86. The van der Waals surface area contributed by atoms with Gasteiger partial charge in [-0.05, 0) is 23.8 Å². The van der Waals surface area contributed by atoms with Gasteiger partial charge in [-0.1, -0.05) is 33.3 Å². The first-order chi connectivity index (χ1) is 8.85. The summed E-state index contributed by atoms with van der Waals surface area (Å²) in [5.41, 5.74) is 3.15. The molecule has 0 aliphatic rings. The van der Waals surface area contributed by atoms with Gasteiger partial charge < -0.3 is 0 Å². The highest BCUT2D eigenvalue weighted by Crippen LogP contribution is 2.14. The predicted octanol–water partition coefficient (Wildman–Crippen LogP) is 2.77. The Labute approximate surface area is 113 Å². The number of hydrogen-bond donors (Lipinski definition) is 0. The first kappa shape index (κ1) is 11.3. The van der Waals surface area contributed by atoms with Crippen LogP contribution in [0.1, 0.15) is 11.3 Å². The van der Waals surface area contributed by atoms with Gasteiger partial charge in [0.1, 0.15) is 0 Å². The van der Waals surface area contributed by atoms with Crippen LogP contribution in [0.25, 0.3) is 10.9 Å². The summed E-state index contributed by atoms with van der Waals surface area (Å²) in [7, 11) is 0. The molecular formula is C13H11BrN4. The van der Waals surface area contributed by atoms with Crippen LogP contribution in [-0.2, 0) is 11.9 Å². The van der Waals surface area contributed by atoms with E-state index in [1.165, 1.54) is 5.56 Å². The molecule has 0 aliphatic carbocycles. The number of benzene rings is 1. The van der Waals surface area contributed by atoms with Crippen LogP contribution >= 0.6 is 15.9 Å². The van der Waals surface area contributed by atoms with E-state index in [0.717, 1.165) is 28.5 Å². The van der Waals surface area contributed by atoms with Crippen LogP contribution in [0, 0.1) is 0 Å². The lowest BCUT2D eigenvalue weighted by molar-refractivity contribution is 0.650. The van der Waals surface area contributed by atoms with Crippen molar-refractivity contribution >= 4 is 26.8 Å². The SMILES string of the molecule is BrCc1cn(Cc2ccc3ncccc3c2)nn1. The van der Waals surface area contributed by atoms with Crippen molar-refractivity contribution < 1.29 is 0 Å². The number of aromatic nitrogens is 4.